The van der Waals surface area contributed by atoms with E-state index in [2.05, 4.69) is 80.7 Å². The number of anilines is 1. The normalized spacial score (nSPS) is 16.0. The molecule has 0 spiro atoms. The summed E-state index contributed by atoms with van der Waals surface area (Å²) < 4.78 is 0. The number of nitrogens with zero attached hydrogens (tertiary/aromatic N) is 1. The van der Waals surface area contributed by atoms with E-state index in [0.717, 1.165) is 25.1 Å². The molecule has 4 nitrogen and oxygen atoms in total. The van der Waals surface area contributed by atoms with E-state index in [1.165, 1.54) is 38.9 Å². The van der Waals surface area contributed by atoms with Crippen molar-refractivity contribution in [2.75, 3.05) is 18.9 Å². The maximum atomic E-state index is 13.4. The van der Waals surface area contributed by atoms with Crippen LogP contribution in [-0.2, 0) is 17.6 Å². The molecule has 0 fully saturated rings. The van der Waals surface area contributed by atoms with Crippen LogP contribution in [0.4, 0.5) is 5.69 Å². The Hall–Kier alpha value is -3.11. The highest BCUT2D eigenvalue weighted by Crippen LogP contribution is 2.35. The van der Waals surface area contributed by atoms with Crippen LogP contribution in [0.25, 0.3) is 0 Å². The minimum Gasteiger partial charge on any atom is -0.385 e. The molecule has 3 aromatic rings. The molecule has 0 aromatic heterocycles. The number of hydrogen-bond donors (Lipinski definition) is 2. The van der Waals surface area contributed by atoms with Crippen molar-refractivity contribution >= 4 is 11.6 Å². The van der Waals surface area contributed by atoms with Crippen LogP contribution in [0.2, 0.25) is 0 Å². The Morgan fingerprint density at radius 3 is 2.42 bits per heavy atom. The molecule has 1 heterocycles. The SMILES string of the molecule is Cc1cc(C)c(CC(N)C(=O)N(C)C2CCNc3ccc(Cc4ccccc4)cc32)c(C)c1. The van der Waals surface area contributed by atoms with Crippen molar-refractivity contribution in [3.63, 3.8) is 0 Å². The van der Waals surface area contributed by atoms with Crippen molar-refractivity contribution in [3.05, 3.63) is 99.6 Å². The van der Waals surface area contributed by atoms with Gasteiger partial charge in [-0.1, -0.05) is 60.2 Å². The van der Waals surface area contributed by atoms with E-state index in [1.54, 1.807) is 0 Å². The number of amides is 1. The molecule has 3 N–H and O–H groups in total. The number of aryl methyl sites for hydroxylation is 3. The van der Waals surface area contributed by atoms with E-state index in [0.29, 0.717) is 6.42 Å². The highest BCUT2D eigenvalue weighted by molar-refractivity contribution is 5.82. The molecule has 0 bridgehead atoms. The average Bonchev–Trinajstić information content (AvgIpc) is 2.80. The minimum atomic E-state index is -0.555. The lowest BCUT2D eigenvalue weighted by Crippen LogP contribution is -2.45. The molecule has 4 heteroatoms. The van der Waals surface area contributed by atoms with Crippen LogP contribution in [0, 0.1) is 20.8 Å². The third-order valence-electron chi connectivity index (χ3n) is 6.86. The van der Waals surface area contributed by atoms with E-state index in [1.807, 2.05) is 18.0 Å². The molecule has 0 radical (unpaired) electrons. The number of nitrogens with two attached hydrogens (primary N) is 1. The molecule has 1 aliphatic rings. The molecular formula is C29H35N3O. The standard InChI is InChI=1S/C29H35N3O/c1-19-14-20(2)24(21(3)15-19)18-26(30)29(33)32(4)28-12-13-31-27-11-10-23(17-25(27)28)16-22-8-6-5-7-9-22/h5-11,14-15,17,26,28,31H,12-13,16,18,30H2,1-4H3. The predicted octanol–water partition coefficient (Wildman–Crippen LogP) is 5.09. The first-order chi connectivity index (χ1) is 15.8. The highest BCUT2D eigenvalue weighted by atomic mass is 16.2. The van der Waals surface area contributed by atoms with Crippen molar-refractivity contribution in [1.29, 1.82) is 0 Å². The zero-order valence-electron chi connectivity index (χ0n) is 20.2. The second kappa shape index (κ2) is 9.80. The lowest BCUT2D eigenvalue weighted by atomic mass is 9.91. The van der Waals surface area contributed by atoms with Gasteiger partial charge in [0, 0.05) is 19.3 Å². The second-order valence-corrected chi connectivity index (χ2v) is 9.45. The Morgan fingerprint density at radius 1 is 1.03 bits per heavy atom. The number of fused-ring (bicyclic) bond motifs is 1. The van der Waals surface area contributed by atoms with Gasteiger partial charge in [-0.2, -0.15) is 0 Å². The number of carbonyl (C=O) groups is 1. The summed E-state index contributed by atoms with van der Waals surface area (Å²) in [5.41, 5.74) is 16.1. The van der Waals surface area contributed by atoms with Crippen LogP contribution in [0.3, 0.4) is 0 Å². The second-order valence-electron chi connectivity index (χ2n) is 9.45. The lowest BCUT2D eigenvalue weighted by Gasteiger charge is -2.35. The van der Waals surface area contributed by atoms with E-state index in [-0.39, 0.29) is 11.9 Å². The molecule has 172 valence electrons. The van der Waals surface area contributed by atoms with Gasteiger partial charge in [-0.15, -0.1) is 0 Å². The molecule has 0 saturated heterocycles. The van der Waals surface area contributed by atoms with Gasteiger partial charge in [-0.05, 0) is 79.5 Å². The highest BCUT2D eigenvalue weighted by Gasteiger charge is 2.30. The quantitative estimate of drug-likeness (QED) is 0.560. The van der Waals surface area contributed by atoms with Gasteiger partial charge in [-0.25, -0.2) is 0 Å². The number of carbonyl (C=O) groups excluding carboxylic acids is 1. The van der Waals surface area contributed by atoms with Gasteiger partial charge >= 0.3 is 0 Å². The smallest absolute Gasteiger partial charge is 0.240 e. The van der Waals surface area contributed by atoms with E-state index >= 15 is 0 Å². The lowest BCUT2D eigenvalue weighted by molar-refractivity contribution is -0.133. The van der Waals surface area contributed by atoms with Gasteiger partial charge in [0.15, 0.2) is 0 Å². The van der Waals surface area contributed by atoms with Crippen LogP contribution < -0.4 is 11.1 Å². The molecule has 0 saturated carbocycles. The summed E-state index contributed by atoms with van der Waals surface area (Å²) in [7, 11) is 1.90. The Kier molecular flexibility index (Phi) is 6.85. The first-order valence-electron chi connectivity index (χ1n) is 11.8. The summed E-state index contributed by atoms with van der Waals surface area (Å²) in [6.07, 6.45) is 2.32. The van der Waals surface area contributed by atoms with Crippen molar-refractivity contribution < 1.29 is 4.79 Å². The fourth-order valence-corrected chi connectivity index (χ4v) is 5.15. The fraction of sp³-hybridized carbons (Fsp3) is 0.345. The Morgan fingerprint density at radius 2 is 1.73 bits per heavy atom. The molecule has 1 amide bonds. The first-order valence-corrected chi connectivity index (χ1v) is 11.8. The maximum Gasteiger partial charge on any atom is 0.240 e. The van der Waals surface area contributed by atoms with Gasteiger partial charge in [0.25, 0.3) is 0 Å². The summed E-state index contributed by atoms with van der Waals surface area (Å²) >= 11 is 0. The van der Waals surface area contributed by atoms with Crippen LogP contribution >= 0.6 is 0 Å². The molecule has 2 atom stereocenters. The summed E-state index contributed by atoms with van der Waals surface area (Å²) in [4.78, 5) is 15.3. The number of rotatable bonds is 6. The van der Waals surface area contributed by atoms with E-state index in [9.17, 15) is 4.79 Å². The molecule has 4 rings (SSSR count). The Labute approximate surface area is 197 Å². The van der Waals surface area contributed by atoms with Gasteiger partial charge < -0.3 is 16.0 Å². The monoisotopic (exact) mass is 441 g/mol. The molecular weight excluding hydrogens is 406 g/mol. The van der Waals surface area contributed by atoms with Crippen molar-refractivity contribution in [2.45, 2.75) is 52.1 Å². The molecule has 2 unspecified atom stereocenters. The zero-order valence-corrected chi connectivity index (χ0v) is 20.2. The molecule has 1 aliphatic heterocycles. The average molecular weight is 442 g/mol. The van der Waals surface area contributed by atoms with Crippen LogP contribution in [-0.4, -0.2) is 30.4 Å². The van der Waals surface area contributed by atoms with Crippen LogP contribution in [0.15, 0.2) is 60.7 Å². The summed E-state index contributed by atoms with van der Waals surface area (Å²) in [5.74, 6) is 0.000637. The van der Waals surface area contributed by atoms with Crippen molar-refractivity contribution in [2.24, 2.45) is 5.73 Å². The van der Waals surface area contributed by atoms with Crippen LogP contribution in [0.5, 0.6) is 0 Å². The Bertz CT molecular complexity index is 1120. The third-order valence-corrected chi connectivity index (χ3v) is 6.86. The Balaban J connectivity index is 1.53. The largest absolute Gasteiger partial charge is 0.385 e. The van der Waals surface area contributed by atoms with Crippen molar-refractivity contribution in [1.82, 2.24) is 4.90 Å². The van der Waals surface area contributed by atoms with E-state index < -0.39 is 6.04 Å². The first kappa shape index (κ1) is 23.1. The molecule has 3 aromatic carbocycles. The van der Waals surface area contributed by atoms with Gasteiger partial charge in [-0.3, -0.25) is 4.79 Å². The number of nitrogens with one attached hydrogen (secondary N) is 1. The molecule has 33 heavy (non-hydrogen) atoms. The minimum absolute atomic E-state index is 0.000637. The number of likely N-dealkylation sites (N-methyl/N-ethyl adjacent to an activating group) is 1. The van der Waals surface area contributed by atoms with E-state index in [4.69, 9.17) is 5.73 Å². The topological polar surface area (TPSA) is 58.4 Å². The summed E-state index contributed by atoms with van der Waals surface area (Å²) in [6, 6.07) is 20.9. The number of benzene rings is 3. The molecule has 0 aliphatic carbocycles. The zero-order chi connectivity index (χ0) is 23.5. The fourth-order valence-electron chi connectivity index (χ4n) is 5.15. The number of hydrogen-bond acceptors (Lipinski definition) is 3. The summed E-state index contributed by atoms with van der Waals surface area (Å²) in [5, 5.41) is 3.50. The summed E-state index contributed by atoms with van der Waals surface area (Å²) in [6.45, 7) is 7.16. The third kappa shape index (κ3) is 5.12. The van der Waals surface area contributed by atoms with Crippen molar-refractivity contribution in [3.8, 4) is 0 Å². The van der Waals surface area contributed by atoms with Gasteiger partial charge in [0.2, 0.25) is 5.91 Å². The van der Waals surface area contributed by atoms with Gasteiger partial charge in [0.05, 0.1) is 12.1 Å². The predicted molar refractivity (Wildman–Crippen MR) is 137 cm³/mol. The maximum absolute atomic E-state index is 13.4. The van der Waals surface area contributed by atoms with Crippen LogP contribution in [0.1, 0.15) is 51.4 Å². The van der Waals surface area contributed by atoms with Gasteiger partial charge in [0.1, 0.15) is 0 Å².